The number of halogens is 1. The van der Waals surface area contributed by atoms with Crippen LogP contribution in [0.3, 0.4) is 0 Å². The molecule has 1 aromatic heterocycles. The molecule has 0 saturated heterocycles. The van der Waals surface area contributed by atoms with Gasteiger partial charge in [0.1, 0.15) is 11.6 Å². The molecule has 16 heavy (non-hydrogen) atoms. The Kier molecular flexibility index (Phi) is 4.71. The second kappa shape index (κ2) is 5.62. The van der Waals surface area contributed by atoms with Gasteiger partial charge in [-0.25, -0.2) is 9.97 Å². The summed E-state index contributed by atoms with van der Waals surface area (Å²) in [5.41, 5.74) is 6.90. The topological polar surface area (TPSA) is 51.8 Å². The van der Waals surface area contributed by atoms with E-state index in [4.69, 9.17) is 5.73 Å². The van der Waals surface area contributed by atoms with Crippen molar-refractivity contribution in [3.05, 3.63) is 16.0 Å². The molecular weight excluding hydrogens is 266 g/mol. The summed E-state index contributed by atoms with van der Waals surface area (Å²) >= 11 is 3.46. The van der Waals surface area contributed by atoms with Gasteiger partial charge < -0.3 is 5.73 Å². The van der Waals surface area contributed by atoms with Crippen molar-refractivity contribution >= 4 is 21.7 Å². The van der Waals surface area contributed by atoms with Gasteiger partial charge in [-0.2, -0.15) is 0 Å². The lowest BCUT2D eigenvalue weighted by Crippen LogP contribution is -2.09. The molecule has 0 saturated carbocycles. The van der Waals surface area contributed by atoms with Gasteiger partial charge in [0.25, 0.3) is 0 Å². The first kappa shape index (κ1) is 13.4. The van der Waals surface area contributed by atoms with Gasteiger partial charge in [-0.1, -0.05) is 27.7 Å². The molecule has 0 spiro atoms. The van der Waals surface area contributed by atoms with Crippen LogP contribution in [0.25, 0.3) is 0 Å². The zero-order chi connectivity index (χ0) is 12.3. The molecule has 0 unspecified atom stereocenters. The minimum absolute atomic E-state index is 0.549. The molecule has 1 aromatic rings. The van der Waals surface area contributed by atoms with Crippen molar-refractivity contribution in [3.8, 4) is 0 Å². The Morgan fingerprint density at radius 2 is 1.62 bits per heavy atom. The number of anilines is 1. The number of aromatic nitrogens is 2. The lowest BCUT2D eigenvalue weighted by molar-refractivity contribution is 0.600. The van der Waals surface area contributed by atoms with Crippen molar-refractivity contribution in [3.63, 3.8) is 0 Å². The van der Waals surface area contributed by atoms with Gasteiger partial charge in [0.2, 0.25) is 0 Å². The minimum atomic E-state index is 0.549. The average molecular weight is 286 g/mol. The fourth-order valence-electron chi connectivity index (χ4n) is 1.54. The normalized spacial score (nSPS) is 11.4. The summed E-state index contributed by atoms with van der Waals surface area (Å²) in [6.45, 7) is 8.66. The van der Waals surface area contributed by atoms with Gasteiger partial charge in [-0.15, -0.1) is 0 Å². The Balaban J connectivity index is 3.01. The zero-order valence-electron chi connectivity index (χ0n) is 10.4. The van der Waals surface area contributed by atoms with Gasteiger partial charge in [-0.05, 0) is 34.2 Å². The highest BCUT2D eigenvalue weighted by Crippen LogP contribution is 2.23. The SMILES string of the molecule is CC(C)Cc1nc(N)c(Br)c(CC(C)C)n1. The van der Waals surface area contributed by atoms with Crippen LogP contribution in [0.15, 0.2) is 4.47 Å². The smallest absolute Gasteiger partial charge is 0.141 e. The lowest BCUT2D eigenvalue weighted by Gasteiger charge is -2.11. The first-order valence-electron chi connectivity index (χ1n) is 5.71. The molecule has 0 aliphatic carbocycles. The Bertz CT molecular complexity index is 362. The highest BCUT2D eigenvalue weighted by atomic mass is 79.9. The van der Waals surface area contributed by atoms with Gasteiger partial charge >= 0.3 is 0 Å². The molecule has 1 heterocycles. The third kappa shape index (κ3) is 3.74. The molecule has 0 bridgehead atoms. The quantitative estimate of drug-likeness (QED) is 0.924. The maximum absolute atomic E-state index is 5.87. The van der Waals surface area contributed by atoms with Crippen molar-refractivity contribution in [2.75, 3.05) is 5.73 Å². The molecule has 4 heteroatoms. The molecule has 0 aromatic carbocycles. The van der Waals surface area contributed by atoms with Crippen LogP contribution in [0.1, 0.15) is 39.2 Å². The summed E-state index contributed by atoms with van der Waals surface area (Å²) in [5, 5.41) is 0. The van der Waals surface area contributed by atoms with Crippen LogP contribution in [0.4, 0.5) is 5.82 Å². The molecule has 90 valence electrons. The van der Waals surface area contributed by atoms with Crippen molar-refractivity contribution in [2.45, 2.75) is 40.5 Å². The molecule has 1 rings (SSSR count). The third-order valence-electron chi connectivity index (χ3n) is 2.18. The number of nitrogen functional groups attached to an aromatic ring is 1. The standard InChI is InChI=1S/C12H20BrN3/c1-7(2)5-9-11(13)12(14)16-10(15-9)6-8(3)4/h7-8H,5-6H2,1-4H3,(H2,14,15,16). The molecule has 3 nitrogen and oxygen atoms in total. The Hall–Kier alpha value is -0.640. The van der Waals surface area contributed by atoms with Crippen molar-refractivity contribution in [2.24, 2.45) is 11.8 Å². The molecular formula is C12H20BrN3. The van der Waals surface area contributed by atoms with Crippen molar-refractivity contribution in [1.29, 1.82) is 0 Å². The van der Waals surface area contributed by atoms with E-state index in [0.717, 1.165) is 28.8 Å². The first-order valence-corrected chi connectivity index (χ1v) is 6.50. The summed E-state index contributed by atoms with van der Waals surface area (Å²) in [4.78, 5) is 8.88. The van der Waals surface area contributed by atoms with Crippen LogP contribution >= 0.6 is 15.9 Å². The predicted octanol–water partition coefficient (Wildman–Crippen LogP) is 3.22. The molecule has 0 amide bonds. The summed E-state index contributed by atoms with van der Waals surface area (Å²) in [5.74, 6) is 2.53. The van der Waals surface area contributed by atoms with Crippen LogP contribution in [0, 0.1) is 11.8 Å². The fourth-order valence-corrected chi connectivity index (χ4v) is 1.88. The van der Waals surface area contributed by atoms with E-state index in [9.17, 15) is 0 Å². The predicted molar refractivity (Wildman–Crippen MR) is 71.2 cm³/mol. The molecule has 0 atom stereocenters. The Morgan fingerprint density at radius 1 is 1.06 bits per heavy atom. The van der Waals surface area contributed by atoms with Gasteiger partial charge in [-0.3, -0.25) is 0 Å². The number of hydrogen-bond donors (Lipinski definition) is 1. The van der Waals surface area contributed by atoms with E-state index in [0.29, 0.717) is 17.7 Å². The molecule has 0 aliphatic heterocycles. The second-order valence-electron chi connectivity index (χ2n) is 4.98. The maximum Gasteiger partial charge on any atom is 0.141 e. The maximum atomic E-state index is 5.87. The number of rotatable bonds is 4. The van der Waals surface area contributed by atoms with E-state index in [2.05, 4.69) is 53.6 Å². The minimum Gasteiger partial charge on any atom is -0.383 e. The first-order chi connectivity index (χ1) is 7.40. The van der Waals surface area contributed by atoms with E-state index >= 15 is 0 Å². The largest absolute Gasteiger partial charge is 0.383 e. The van der Waals surface area contributed by atoms with Crippen LogP contribution in [-0.4, -0.2) is 9.97 Å². The molecule has 0 fully saturated rings. The van der Waals surface area contributed by atoms with Gasteiger partial charge in [0.05, 0.1) is 10.2 Å². The molecule has 0 radical (unpaired) electrons. The third-order valence-corrected chi connectivity index (χ3v) is 3.05. The van der Waals surface area contributed by atoms with Crippen LogP contribution in [-0.2, 0) is 12.8 Å². The fraction of sp³-hybridized carbons (Fsp3) is 0.667. The van der Waals surface area contributed by atoms with Crippen LogP contribution in [0.2, 0.25) is 0 Å². The van der Waals surface area contributed by atoms with E-state index < -0.39 is 0 Å². The number of hydrogen-bond acceptors (Lipinski definition) is 3. The second-order valence-corrected chi connectivity index (χ2v) is 5.77. The van der Waals surface area contributed by atoms with Crippen molar-refractivity contribution in [1.82, 2.24) is 9.97 Å². The van der Waals surface area contributed by atoms with Crippen LogP contribution in [0.5, 0.6) is 0 Å². The number of nitrogens with two attached hydrogens (primary N) is 1. The average Bonchev–Trinajstić information content (AvgIpc) is 2.11. The lowest BCUT2D eigenvalue weighted by atomic mass is 10.1. The zero-order valence-corrected chi connectivity index (χ0v) is 12.0. The van der Waals surface area contributed by atoms with E-state index in [-0.39, 0.29) is 0 Å². The van der Waals surface area contributed by atoms with Crippen LogP contribution < -0.4 is 5.73 Å². The summed E-state index contributed by atoms with van der Waals surface area (Å²) < 4.78 is 0.855. The summed E-state index contributed by atoms with van der Waals surface area (Å²) in [7, 11) is 0. The monoisotopic (exact) mass is 285 g/mol. The van der Waals surface area contributed by atoms with E-state index in [1.807, 2.05) is 0 Å². The van der Waals surface area contributed by atoms with Crippen molar-refractivity contribution < 1.29 is 0 Å². The van der Waals surface area contributed by atoms with Gasteiger partial charge in [0, 0.05) is 6.42 Å². The summed E-state index contributed by atoms with van der Waals surface area (Å²) in [6.07, 6.45) is 1.81. The van der Waals surface area contributed by atoms with Gasteiger partial charge in [0.15, 0.2) is 0 Å². The highest BCUT2D eigenvalue weighted by molar-refractivity contribution is 9.10. The van der Waals surface area contributed by atoms with E-state index in [1.54, 1.807) is 0 Å². The Morgan fingerprint density at radius 3 is 2.12 bits per heavy atom. The highest BCUT2D eigenvalue weighted by Gasteiger charge is 2.12. The Labute approximate surface area is 106 Å². The molecule has 0 aliphatic rings. The number of nitrogens with zero attached hydrogens (tertiary/aromatic N) is 2. The summed E-state index contributed by atoms with van der Waals surface area (Å²) in [6, 6.07) is 0. The van der Waals surface area contributed by atoms with E-state index in [1.165, 1.54) is 0 Å². The molecule has 2 N–H and O–H groups in total.